The standard InChI is InChI=1S/C23H23FN2O3/c1-2-29-15-21-12-18(16-7-9-19(24)10-8-16)11-20(26-21)13-25-23(28)22-6-4-3-5-17(22)14-27/h3-12,27H,2,13-15H2,1H3,(H,25,28). The van der Waals surface area contributed by atoms with Gasteiger partial charge in [0.25, 0.3) is 5.91 Å². The van der Waals surface area contributed by atoms with E-state index in [1.165, 1.54) is 12.1 Å². The number of aliphatic hydroxyl groups excluding tert-OH is 1. The molecule has 2 aromatic carbocycles. The fraction of sp³-hybridized carbons (Fsp3) is 0.217. The van der Waals surface area contributed by atoms with E-state index in [0.29, 0.717) is 30.0 Å². The SMILES string of the molecule is CCOCc1cc(-c2ccc(F)cc2)cc(CNC(=O)c2ccccc2CO)n1. The van der Waals surface area contributed by atoms with E-state index in [-0.39, 0.29) is 24.9 Å². The highest BCUT2D eigenvalue weighted by Gasteiger charge is 2.11. The van der Waals surface area contributed by atoms with Gasteiger partial charge in [-0.05, 0) is 53.9 Å². The van der Waals surface area contributed by atoms with Gasteiger partial charge in [0.1, 0.15) is 5.82 Å². The van der Waals surface area contributed by atoms with Crippen molar-refractivity contribution >= 4 is 5.91 Å². The van der Waals surface area contributed by atoms with E-state index in [9.17, 15) is 14.3 Å². The molecule has 6 heteroatoms. The maximum absolute atomic E-state index is 13.3. The average molecular weight is 394 g/mol. The van der Waals surface area contributed by atoms with E-state index in [1.807, 2.05) is 19.1 Å². The molecule has 29 heavy (non-hydrogen) atoms. The van der Waals surface area contributed by atoms with Crippen molar-refractivity contribution in [3.05, 3.63) is 89.0 Å². The number of amides is 1. The molecule has 150 valence electrons. The van der Waals surface area contributed by atoms with Crippen molar-refractivity contribution in [3.63, 3.8) is 0 Å². The van der Waals surface area contributed by atoms with Crippen molar-refractivity contribution < 1.29 is 19.0 Å². The van der Waals surface area contributed by atoms with Crippen molar-refractivity contribution in [2.75, 3.05) is 6.61 Å². The molecule has 1 amide bonds. The molecule has 3 aromatic rings. The number of hydrogen-bond acceptors (Lipinski definition) is 4. The predicted octanol–water partition coefficient (Wildman–Crippen LogP) is 3.85. The van der Waals surface area contributed by atoms with E-state index in [2.05, 4.69) is 10.3 Å². The second-order valence-electron chi connectivity index (χ2n) is 6.48. The van der Waals surface area contributed by atoms with Crippen LogP contribution in [0.5, 0.6) is 0 Å². The summed E-state index contributed by atoms with van der Waals surface area (Å²) < 4.78 is 18.7. The maximum Gasteiger partial charge on any atom is 0.251 e. The molecule has 0 atom stereocenters. The van der Waals surface area contributed by atoms with Gasteiger partial charge in [-0.1, -0.05) is 30.3 Å². The molecule has 0 aliphatic rings. The molecular formula is C23H23FN2O3. The Hall–Kier alpha value is -3.09. The number of rotatable bonds is 8. The van der Waals surface area contributed by atoms with Gasteiger partial charge in [-0.15, -0.1) is 0 Å². The summed E-state index contributed by atoms with van der Waals surface area (Å²) in [6.07, 6.45) is 0. The van der Waals surface area contributed by atoms with Gasteiger partial charge in [0.15, 0.2) is 0 Å². The van der Waals surface area contributed by atoms with Crippen molar-refractivity contribution in [1.29, 1.82) is 0 Å². The zero-order chi connectivity index (χ0) is 20.6. The van der Waals surface area contributed by atoms with Crippen LogP contribution in [0.25, 0.3) is 11.1 Å². The minimum absolute atomic E-state index is 0.208. The van der Waals surface area contributed by atoms with Gasteiger partial charge in [0.05, 0.1) is 31.1 Å². The predicted molar refractivity (Wildman–Crippen MR) is 108 cm³/mol. The third-order valence-corrected chi connectivity index (χ3v) is 4.43. The van der Waals surface area contributed by atoms with Crippen LogP contribution in [0.4, 0.5) is 4.39 Å². The molecule has 0 radical (unpaired) electrons. The lowest BCUT2D eigenvalue weighted by Gasteiger charge is -2.12. The molecule has 0 spiro atoms. The average Bonchev–Trinajstić information content (AvgIpc) is 2.76. The van der Waals surface area contributed by atoms with Crippen LogP contribution in [0.15, 0.2) is 60.7 Å². The molecule has 0 bridgehead atoms. The third kappa shape index (κ3) is 5.47. The van der Waals surface area contributed by atoms with Gasteiger partial charge in [-0.2, -0.15) is 0 Å². The van der Waals surface area contributed by atoms with E-state index in [4.69, 9.17) is 4.74 Å². The van der Waals surface area contributed by atoms with Crippen LogP contribution in [-0.4, -0.2) is 22.6 Å². The summed E-state index contributed by atoms with van der Waals surface area (Å²) in [4.78, 5) is 17.1. The summed E-state index contributed by atoms with van der Waals surface area (Å²) in [5.41, 5.74) is 4.11. The van der Waals surface area contributed by atoms with Gasteiger partial charge >= 0.3 is 0 Å². The summed E-state index contributed by atoms with van der Waals surface area (Å²) in [5.74, 6) is -0.581. The summed E-state index contributed by atoms with van der Waals surface area (Å²) in [7, 11) is 0. The van der Waals surface area contributed by atoms with E-state index in [1.54, 1.807) is 36.4 Å². The molecule has 0 unspecified atom stereocenters. The number of aliphatic hydroxyl groups is 1. The van der Waals surface area contributed by atoms with Crippen LogP contribution < -0.4 is 5.32 Å². The minimum Gasteiger partial charge on any atom is -0.392 e. The number of nitrogens with one attached hydrogen (secondary N) is 1. The monoisotopic (exact) mass is 394 g/mol. The highest BCUT2D eigenvalue weighted by Crippen LogP contribution is 2.22. The summed E-state index contributed by atoms with van der Waals surface area (Å²) in [5, 5.41) is 12.3. The molecule has 0 saturated carbocycles. The number of pyridine rings is 1. The van der Waals surface area contributed by atoms with E-state index in [0.717, 1.165) is 16.8 Å². The van der Waals surface area contributed by atoms with Gasteiger partial charge in [0, 0.05) is 12.2 Å². The van der Waals surface area contributed by atoms with E-state index < -0.39 is 0 Å². The Morgan fingerprint density at radius 1 is 1.07 bits per heavy atom. The molecular weight excluding hydrogens is 371 g/mol. The molecule has 2 N–H and O–H groups in total. The number of nitrogens with zero attached hydrogens (tertiary/aromatic N) is 1. The first-order valence-corrected chi connectivity index (χ1v) is 9.41. The number of hydrogen-bond donors (Lipinski definition) is 2. The smallest absolute Gasteiger partial charge is 0.251 e. The molecule has 0 saturated heterocycles. The number of halogens is 1. The lowest BCUT2D eigenvalue weighted by molar-refractivity contribution is 0.0947. The molecule has 1 heterocycles. The first-order chi connectivity index (χ1) is 14.1. The molecule has 0 aliphatic carbocycles. The molecule has 3 rings (SSSR count). The second kappa shape index (κ2) is 9.91. The van der Waals surface area contributed by atoms with Crippen molar-refractivity contribution in [2.45, 2.75) is 26.7 Å². The van der Waals surface area contributed by atoms with Crippen molar-refractivity contribution in [2.24, 2.45) is 0 Å². The Morgan fingerprint density at radius 3 is 2.52 bits per heavy atom. The van der Waals surface area contributed by atoms with Crippen molar-refractivity contribution in [3.8, 4) is 11.1 Å². The van der Waals surface area contributed by atoms with Gasteiger partial charge in [0.2, 0.25) is 0 Å². The van der Waals surface area contributed by atoms with Crippen LogP contribution in [0.3, 0.4) is 0 Å². The summed E-state index contributed by atoms with van der Waals surface area (Å²) in [6, 6.07) is 16.9. The quantitative estimate of drug-likeness (QED) is 0.609. The zero-order valence-corrected chi connectivity index (χ0v) is 16.2. The summed E-state index contributed by atoms with van der Waals surface area (Å²) in [6.45, 7) is 2.82. The largest absolute Gasteiger partial charge is 0.392 e. The Morgan fingerprint density at radius 2 is 1.79 bits per heavy atom. The number of carbonyl (C=O) groups excluding carboxylic acids is 1. The number of carbonyl (C=O) groups is 1. The lowest BCUT2D eigenvalue weighted by atomic mass is 10.0. The van der Waals surface area contributed by atoms with Crippen LogP contribution in [0, 0.1) is 5.82 Å². The van der Waals surface area contributed by atoms with Gasteiger partial charge in [-0.3, -0.25) is 9.78 Å². The highest BCUT2D eigenvalue weighted by atomic mass is 19.1. The molecule has 1 aromatic heterocycles. The molecule has 5 nitrogen and oxygen atoms in total. The zero-order valence-electron chi connectivity index (χ0n) is 16.2. The second-order valence-corrected chi connectivity index (χ2v) is 6.48. The normalized spacial score (nSPS) is 10.7. The Labute approximate surface area is 169 Å². The van der Waals surface area contributed by atoms with Crippen LogP contribution in [-0.2, 0) is 24.5 Å². The van der Waals surface area contributed by atoms with E-state index >= 15 is 0 Å². The Bertz CT molecular complexity index is 974. The summed E-state index contributed by atoms with van der Waals surface area (Å²) >= 11 is 0. The van der Waals surface area contributed by atoms with Crippen LogP contribution in [0.2, 0.25) is 0 Å². The Balaban J connectivity index is 1.82. The van der Waals surface area contributed by atoms with Crippen LogP contribution >= 0.6 is 0 Å². The van der Waals surface area contributed by atoms with Gasteiger partial charge in [-0.25, -0.2) is 4.39 Å². The lowest BCUT2D eigenvalue weighted by Crippen LogP contribution is -2.24. The molecule has 0 fully saturated rings. The third-order valence-electron chi connectivity index (χ3n) is 4.43. The highest BCUT2D eigenvalue weighted by molar-refractivity contribution is 5.95. The number of aromatic nitrogens is 1. The van der Waals surface area contributed by atoms with Crippen LogP contribution in [0.1, 0.15) is 34.2 Å². The fourth-order valence-corrected chi connectivity index (χ4v) is 2.98. The van der Waals surface area contributed by atoms with Crippen molar-refractivity contribution in [1.82, 2.24) is 10.3 Å². The van der Waals surface area contributed by atoms with Gasteiger partial charge < -0.3 is 15.2 Å². The first-order valence-electron chi connectivity index (χ1n) is 9.41. The number of benzene rings is 2. The first kappa shape index (κ1) is 20.6. The maximum atomic E-state index is 13.3. The fourth-order valence-electron chi connectivity index (χ4n) is 2.98. The minimum atomic E-state index is -0.299. The Kier molecular flexibility index (Phi) is 7.05. The topological polar surface area (TPSA) is 71.5 Å². The number of ether oxygens (including phenoxy) is 1. The molecule has 0 aliphatic heterocycles.